The first-order chi connectivity index (χ1) is 13.6. The van der Waals surface area contributed by atoms with Crippen molar-refractivity contribution >= 4 is 28.1 Å². The van der Waals surface area contributed by atoms with Crippen molar-refractivity contribution in [2.75, 3.05) is 13.2 Å². The van der Waals surface area contributed by atoms with Gasteiger partial charge in [0.05, 0.1) is 6.21 Å². The fourth-order valence-electron chi connectivity index (χ4n) is 2.35. The molecular formula is C22H25BrN2O3. The number of halogens is 1. The lowest BCUT2D eigenvalue weighted by molar-refractivity contribution is -0.123. The smallest absolute Gasteiger partial charge is 0.277 e. The topological polar surface area (TPSA) is 59.9 Å². The molecule has 0 bridgehead atoms. The molecule has 148 valence electrons. The molecule has 0 aliphatic rings. The van der Waals surface area contributed by atoms with Crippen molar-refractivity contribution in [3.63, 3.8) is 0 Å². The van der Waals surface area contributed by atoms with Gasteiger partial charge in [0, 0.05) is 10.0 Å². The fraction of sp³-hybridized carbons (Fsp3) is 0.273. The molecule has 2 aromatic carbocycles. The summed E-state index contributed by atoms with van der Waals surface area (Å²) in [6.07, 6.45) is 6.61. The standard InChI is InChI=1S/C22H25BrN2O3/c1-3-5-6-17-7-9-19(10-8-17)28-16-22(26)25-24-15-18-14-20(27-13-4-2)11-12-21(18)23/h4,7-12,14-15H,2-3,5-6,13,16H2,1H3,(H,25,26)/b24-15-. The van der Waals surface area contributed by atoms with Gasteiger partial charge in [-0.3, -0.25) is 4.79 Å². The first kappa shape index (κ1) is 21.7. The van der Waals surface area contributed by atoms with Crippen LogP contribution in [0.2, 0.25) is 0 Å². The third-order valence-electron chi connectivity index (χ3n) is 3.84. The van der Waals surface area contributed by atoms with E-state index in [-0.39, 0.29) is 12.5 Å². The summed E-state index contributed by atoms with van der Waals surface area (Å²) in [4.78, 5) is 11.9. The van der Waals surface area contributed by atoms with Gasteiger partial charge in [-0.1, -0.05) is 54.1 Å². The van der Waals surface area contributed by atoms with Gasteiger partial charge in [-0.2, -0.15) is 5.10 Å². The van der Waals surface area contributed by atoms with Gasteiger partial charge in [0.2, 0.25) is 0 Å². The number of nitrogens with one attached hydrogen (secondary N) is 1. The minimum Gasteiger partial charge on any atom is -0.490 e. The molecule has 0 radical (unpaired) electrons. The Balaban J connectivity index is 1.81. The first-order valence-corrected chi connectivity index (χ1v) is 9.98. The van der Waals surface area contributed by atoms with E-state index in [0.29, 0.717) is 18.1 Å². The number of hydrazone groups is 1. The number of carbonyl (C=O) groups is 1. The van der Waals surface area contributed by atoms with E-state index in [1.165, 1.54) is 18.4 Å². The van der Waals surface area contributed by atoms with Gasteiger partial charge in [0.15, 0.2) is 6.61 Å². The van der Waals surface area contributed by atoms with E-state index in [2.05, 4.69) is 40.0 Å². The highest BCUT2D eigenvalue weighted by atomic mass is 79.9. The van der Waals surface area contributed by atoms with E-state index in [0.717, 1.165) is 16.5 Å². The zero-order chi connectivity index (χ0) is 20.2. The van der Waals surface area contributed by atoms with Crippen LogP contribution in [0, 0.1) is 0 Å². The Labute approximate surface area is 174 Å². The third-order valence-corrected chi connectivity index (χ3v) is 4.56. The summed E-state index contributed by atoms with van der Waals surface area (Å²) < 4.78 is 11.8. The summed E-state index contributed by atoms with van der Waals surface area (Å²) in [6.45, 7) is 6.11. The number of amides is 1. The molecule has 0 aliphatic carbocycles. The Hall–Kier alpha value is -2.60. The summed E-state index contributed by atoms with van der Waals surface area (Å²) in [5.41, 5.74) is 4.51. The second-order valence-corrected chi connectivity index (χ2v) is 6.97. The molecule has 2 aromatic rings. The van der Waals surface area contributed by atoms with E-state index < -0.39 is 0 Å². The molecule has 1 amide bonds. The van der Waals surface area contributed by atoms with Gasteiger partial charge in [0.25, 0.3) is 5.91 Å². The fourth-order valence-corrected chi connectivity index (χ4v) is 2.70. The monoisotopic (exact) mass is 444 g/mol. The number of ether oxygens (including phenoxy) is 2. The number of carbonyl (C=O) groups excluding carboxylic acids is 1. The van der Waals surface area contributed by atoms with Crippen molar-refractivity contribution in [2.45, 2.75) is 26.2 Å². The lowest BCUT2D eigenvalue weighted by Gasteiger charge is -2.07. The van der Waals surface area contributed by atoms with Gasteiger partial charge in [-0.15, -0.1) is 0 Å². The normalized spacial score (nSPS) is 10.6. The van der Waals surface area contributed by atoms with Gasteiger partial charge >= 0.3 is 0 Å². The number of benzene rings is 2. The summed E-state index contributed by atoms with van der Waals surface area (Å²) in [5, 5.41) is 3.97. The summed E-state index contributed by atoms with van der Waals surface area (Å²) >= 11 is 3.44. The van der Waals surface area contributed by atoms with Crippen LogP contribution in [0.3, 0.4) is 0 Å². The highest BCUT2D eigenvalue weighted by Crippen LogP contribution is 2.21. The predicted octanol–water partition coefficient (Wildman–Crippen LogP) is 4.89. The molecule has 0 saturated heterocycles. The summed E-state index contributed by atoms with van der Waals surface area (Å²) in [5.74, 6) is 1.03. The molecule has 1 N–H and O–H groups in total. The Morgan fingerprint density at radius 2 is 1.93 bits per heavy atom. The molecule has 0 saturated carbocycles. The van der Waals surface area contributed by atoms with E-state index in [9.17, 15) is 4.79 Å². The minimum atomic E-state index is -0.332. The molecule has 6 heteroatoms. The second-order valence-electron chi connectivity index (χ2n) is 6.11. The van der Waals surface area contributed by atoms with Crippen LogP contribution in [-0.2, 0) is 11.2 Å². The number of unbranched alkanes of at least 4 members (excludes halogenated alkanes) is 1. The maximum Gasteiger partial charge on any atom is 0.277 e. The Morgan fingerprint density at radius 1 is 1.18 bits per heavy atom. The predicted molar refractivity (Wildman–Crippen MR) is 116 cm³/mol. The van der Waals surface area contributed by atoms with Crippen LogP contribution in [0.25, 0.3) is 0 Å². The van der Waals surface area contributed by atoms with Gasteiger partial charge in [-0.25, -0.2) is 5.43 Å². The first-order valence-electron chi connectivity index (χ1n) is 9.19. The molecule has 0 unspecified atom stereocenters. The molecule has 5 nitrogen and oxygen atoms in total. The molecule has 0 aromatic heterocycles. The Morgan fingerprint density at radius 3 is 2.64 bits per heavy atom. The van der Waals surface area contributed by atoms with E-state index >= 15 is 0 Å². The van der Waals surface area contributed by atoms with Gasteiger partial charge in [0.1, 0.15) is 18.1 Å². The Kier molecular flexibility index (Phi) is 9.28. The molecule has 0 spiro atoms. The van der Waals surface area contributed by atoms with Crippen LogP contribution >= 0.6 is 15.9 Å². The summed E-state index contributed by atoms with van der Waals surface area (Å²) in [7, 11) is 0. The molecule has 0 heterocycles. The number of hydrogen-bond donors (Lipinski definition) is 1. The lowest BCUT2D eigenvalue weighted by atomic mass is 10.1. The van der Waals surface area contributed by atoms with Crippen molar-refractivity contribution in [1.29, 1.82) is 0 Å². The molecule has 0 atom stereocenters. The zero-order valence-electron chi connectivity index (χ0n) is 16.0. The van der Waals surface area contributed by atoms with Crippen LogP contribution in [0.5, 0.6) is 11.5 Å². The van der Waals surface area contributed by atoms with Crippen LogP contribution in [0.1, 0.15) is 30.9 Å². The number of nitrogens with zero attached hydrogens (tertiary/aromatic N) is 1. The molecule has 0 fully saturated rings. The largest absolute Gasteiger partial charge is 0.490 e. The van der Waals surface area contributed by atoms with Crippen LogP contribution < -0.4 is 14.9 Å². The van der Waals surface area contributed by atoms with Crippen LogP contribution in [0.15, 0.2) is 64.7 Å². The van der Waals surface area contributed by atoms with Crippen molar-refractivity contribution in [2.24, 2.45) is 5.10 Å². The van der Waals surface area contributed by atoms with Crippen molar-refractivity contribution in [3.05, 3.63) is 70.7 Å². The second kappa shape index (κ2) is 12.0. The quantitative estimate of drug-likeness (QED) is 0.305. The molecular weight excluding hydrogens is 420 g/mol. The maximum absolute atomic E-state index is 11.9. The van der Waals surface area contributed by atoms with E-state index in [1.54, 1.807) is 12.3 Å². The molecule has 2 rings (SSSR count). The Bertz CT molecular complexity index is 804. The van der Waals surface area contributed by atoms with Gasteiger partial charge < -0.3 is 9.47 Å². The summed E-state index contributed by atoms with van der Waals surface area (Å²) in [6, 6.07) is 13.3. The average molecular weight is 445 g/mol. The number of aryl methyl sites for hydroxylation is 1. The van der Waals surface area contributed by atoms with E-state index in [4.69, 9.17) is 9.47 Å². The highest BCUT2D eigenvalue weighted by Gasteiger charge is 2.03. The van der Waals surface area contributed by atoms with Crippen LogP contribution in [-0.4, -0.2) is 25.3 Å². The maximum atomic E-state index is 11.9. The average Bonchev–Trinajstić information content (AvgIpc) is 2.71. The molecule has 28 heavy (non-hydrogen) atoms. The van der Waals surface area contributed by atoms with Gasteiger partial charge in [-0.05, 0) is 48.7 Å². The van der Waals surface area contributed by atoms with Crippen LogP contribution in [0.4, 0.5) is 0 Å². The lowest BCUT2D eigenvalue weighted by Crippen LogP contribution is -2.24. The molecule has 0 aliphatic heterocycles. The number of rotatable bonds is 11. The zero-order valence-corrected chi connectivity index (χ0v) is 17.6. The van der Waals surface area contributed by atoms with Crippen molar-refractivity contribution < 1.29 is 14.3 Å². The third kappa shape index (κ3) is 7.56. The van der Waals surface area contributed by atoms with E-state index in [1.807, 2.05) is 42.5 Å². The van der Waals surface area contributed by atoms with Crippen molar-refractivity contribution in [3.8, 4) is 11.5 Å². The van der Waals surface area contributed by atoms with Crippen molar-refractivity contribution in [1.82, 2.24) is 5.43 Å². The SMILES string of the molecule is C=CCOc1ccc(Br)c(/C=N\NC(=O)COc2ccc(CCCC)cc2)c1. The highest BCUT2D eigenvalue weighted by molar-refractivity contribution is 9.10. The number of hydrogen-bond acceptors (Lipinski definition) is 4. The minimum absolute atomic E-state index is 0.102.